The molecule has 1 aliphatic carbocycles. The molecule has 1 atom stereocenters. The summed E-state index contributed by atoms with van der Waals surface area (Å²) in [5.41, 5.74) is 1.82. The molecule has 2 aromatic rings. The molecule has 1 aromatic heterocycles. The lowest BCUT2D eigenvalue weighted by molar-refractivity contribution is -0.120. The molecule has 0 aliphatic heterocycles. The lowest BCUT2D eigenvalue weighted by Gasteiger charge is -2.16. The van der Waals surface area contributed by atoms with Crippen LogP contribution in [0, 0.1) is 0 Å². The van der Waals surface area contributed by atoms with Crippen molar-refractivity contribution in [3.8, 4) is 0 Å². The molecule has 5 nitrogen and oxygen atoms in total. The molecule has 0 bridgehead atoms. The largest absolute Gasteiger partial charge is 0.355 e. The van der Waals surface area contributed by atoms with Crippen LogP contribution in [0.25, 0.3) is 10.9 Å². The van der Waals surface area contributed by atoms with Crippen molar-refractivity contribution in [2.24, 2.45) is 0 Å². The third-order valence-electron chi connectivity index (χ3n) is 4.97. The lowest BCUT2D eigenvalue weighted by atomic mass is 9.97. The van der Waals surface area contributed by atoms with Crippen LogP contribution in [0.2, 0.25) is 5.02 Å². The number of nitrogens with one attached hydrogen (secondary N) is 1. The van der Waals surface area contributed by atoms with Gasteiger partial charge < -0.3 is 5.32 Å². The van der Waals surface area contributed by atoms with Gasteiger partial charge in [-0.05, 0) is 57.2 Å². The number of carbonyl (C=O) groups is 1. The number of carbonyl (C=O) groups excluding carboxylic acids is 1. The van der Waals surface area contributed by atoms with Gasteiger partial charge in [0, 0.05) is 18.1 Å². The van der Waals surface area contributed by atoms with E-state index in [1.807, 2.05) is 6.92 Å². The Morgan fingerprint density at radius 1 is 1.45 bits per heavy atom. The molecule has 0 radical (unpaired) electrons. The Kier molecular flexibility index (Phi) is 7.56. The minimum absolute atomic E-state index is 0.0537. The zero-order valence-corrected chi connectivity index (χ0v) is 18.2. The van der Waals surface area contributed by atoms with Crippen LogP contribution in [0.3, 0.4) is 0 Å². The molecule has 0 saturated carbocycles. The zero-order chi connectivity index (χ0) is 20.8. The van der Waals surface area contributed by atoms with Crippen molar-refractivity contribution in [3.63, 3.8) is 0 Å². The number of halogens is 1. The van der Waals surface area contributed by atoms with E-state index in [1.54, 1.807) is 24.3 Å². The summed E-state index contributed by atoms with van der Waals surface area (Å²) < 4.78 is 1.53. The van der Waals surface area contributed by atoms with Crippen molar-refractivity contribution in [3.05, 3.63) is 57.9 Å². The van der Waals surface area contributed by atoms with E-state index in [0.29, 0.717) is 34.2 Å². The summed E-state index contributed by atoms with van der Waals surface area (Å²) >= 11 is 7.31. The minimum atomic E-state index is -0.372. The Morgan fingerprint density at radius 3 is 3.00 bits per heavy atom. The molecule has 154 valence electrons. The quantitative estimate of drug-likeness (QED) is 0.373. The van der Waals surface area contributed by atoms with Crippen molar-refractivity contribution in [1.29, 1.82) is 0 Å². The fraction of sp³-hybridized carbons (Fsp3) is 0.409. The first kappa shape index (κ1) is 21.7. The maximum Gasteiger partial charge on any atom is 0.262 e. The maximum absolute atomic E-state index is 12.9. The summed E-state index contributed by atoms with van der Waals surface area (Å²) in [6.07, 6.45) is 9.64. The minimum Gasteiger partial charge on any atom is -0.355 e. The maximum atomic E-state index is 12.9. The molecule has 3 rings (SSSR count). The van der Waals surface area contributed by atoms with Crippen LogP contribution in [0.1, 0.15) is 39.0 Å². The van der Waals surface area contributed by atoms with Crippen molar-refractivity contribution < 1.29 is 4.79 Å². The van der Waals surface area contributed by atoms with Gasteiger partial charge in [-0.25, -0.2) is 4.98 Å². The first-order valence-electron chi connectivity index (χ1n) is 9.93. The fourth-order valence-corrected chi connectivity index (χ4v) is 4.50. The van der Waals surface area contributed by atoms with Crippen LogP contribution < -0.4 is 10.9 Å². The van der Waals surface area contributed by atoms with Crippen LogP contribution in [-0.2, 0) is 11.3 Å². The molecule has 1 N–H and O–H groups in total. The first-order chi connectivity index (χ1) is 14.0. The summed E-state index contributed by atoms with van der Waals surface area (Å²) in [6.45, 7) is 6.51. The number of rotatable bonds is 8. The van der Waals surface area contributed by atoms with E-state index in [9.17, 15) is 9.59 Å². The third kappa shape index (κ3) is 5.52. The van der Waals surface area contributed by atoms with E-state index in [2.05, 4.69) is 23.0 Å². The normalized spacial score (nSPS) is 15.0. The molecular formula is C22H26ClN3O2S. The number of fused-ring (bicyclic) bond motifs is 1. The van der Waals surface area contributed by atoms with Crippen LogP contribution in [-0.4, -0.2) is 27.3 Å². The molecule has 1 aliphatic rings. The number of nitrogens with zero attached hydrogens (tertiary/aromatic N) is 2. The van der Waals surface area contributed by atoms with Crippen molar-refractivity contribution in [2.75, 3.05) is 6.54 Å². The van der Waals surface area contributed by atoms with Gasteiger partial charge >= 0.3 is 0 Å². The van der Waals surface area contributed by atoms with Crippen LogP contribution in [0.15, 0.2) is 52.5 Å². The second-order valence-corrected chi connectivity index (χ2v) is 8.91. The van der Waals surface area contributed by atoms with E-state index in [-0.39, 0.29) is 16.7 Å². The number of aromatic nitrogens is 2. The molecule has 0 spiro atoms. The van der Waals surface area contributed by atoms with E-state index in [0.717, 1.165) is 19.3 Å². The highest BCUT2D eigenvalue weighted by Gasteiger charge is 2.19. The highest BCUT2D eigenvalue weighted by molar-refractivity contribution is 8.00. The number of benzene rings is 1. The van der Waals surface area contributed by atoms with Gasteiger partial charge in [0.1, 0.15) is 0 Å². The van der Waals surface area contributed by atoms with E-state index in [4.69, 9.17) is 11.6 Å². The summed E-state index contributed by atoms with van der Waals surface area (Å²) in [5, 5.41) is 4.09. The third-order valence-corrected chi connectivity index (χ3v) is 6.30. The smallest absolute Gasteiger partial charge is 0.262 e. The SMILES string of the molecule is C=CCn1c(SC(C)C(=O)NCCC2=CCCCC2)nc2ccc(Cl)cc2c1=O. The molecule has 1 heterocycles. The predicted molar refractivity (Wildman–Crippen MR) is 121 cm³/mol. The zero-order valence-electron chi connectivity index (χ0n) is 16.6. The van der Waals surface area contributed by atoms with E-state index in [1.165, 1.54) is 34.7 Å². The van der Waals surface area contributed by atoms with Crippen molar-refractivity contribution >= 4 is 40.2 Å². The highest BCUT2D eigenvalue weighted by Crippen LogP contribution is 2.24. The van der Waals surface area contributed by atoms with Crippen molar-refractivity contribution in [1.82, 2.24) is 14.9 Å². The second-order valence-electron chi connectivity index (χ2n) is 7.17. The van der Waals surface area contributed by atoms with Gasteiger partial charge in [-0.3, -0.25) is 14.2 Å². The Bertz CT molecular complexity index is 999. The summed E-state index contributed by atoms with van der Waals surface area (Å²) in [6, 6.07) is 5.05. The molecule has 1 unspecified atom stereocenters. The average Bonchev–Trinajstić information content (AvgIpc) is 2.72. The molecule has 29 heavy (non-hydrogen) atoms. The summed E-state index contributed by atoms with van der Waals surface area (Å²) in [5.74, 6) is -0.0537. The van der Waals surface area contributed by atoms with Crippen molar-refractivity contribution in [2.45, 2.75) is 56.0 Å². The average molecular weight is 432 g/mol. The number of amides is 1. The van der Waals surface area contributed by atoms with Gasteiger partial charge in [0.15, 0.2) is 5.16 Å². The van der Waals surface area contributed by atoms with Gasteiger partial charge in [0.25, 0.3) is 5.56 Å². The van der Waals surface area contributed by atoms with E-state index >= 15 is 0 Å². The van der Waals surface area contributed by atoms with E-state index < -0.39 is 0 Å². The Morgan fingerprint density at radius 2 is 2.28 bits per heavy atom. The van der Waals surface area contributed by atoms with Gasteiger partial charge in [-0.15, -0.1) is 6.58 Å². The summed E-state index contributed by atoms with van der Waals surface area (Å²) in [7, 11) is 0. The number of allylic oxidation sites excluding steroid dienone is 2. The van der Waals surface area contributed by atoms with Gasteiger partial charge in [-0.2, -0.15) is 0 Å². The van der Waals surface area contributed by atoms with Crippen LogP contribution >= 0.6 is 23.4 Å². The molecule has 7 heteroatoms. The van der Waals surface area contributed by atoms with Crippen LogP contribution in [0.4, 0.5) is 0 Å². The predicted octanol–water partition coefficient (Wildman–Crippen LogP) is 4.72. The standard InChI is InChI=1S/C22H26ClN3O2S/c1-3-13-26-21(28)18-14-17(23)9-10-19(18)25-22(26)29-15(2)20(27)24-12-11-16-7-5-4-6-8-16/h3,7,9-10,14-15H,1,4-6,8,11-13H2,2H3,(H,24,27). The van der Waals surface area contributed by atoms with Gasteiger partial charge in [0.2, 0.25) is 5.91 Å². The lowest BCUT2D eigenvalue weighted by Crippen LogP contribution is -2.33. The second kappa shape index (κ2) is 10.1. The Balaban J connectivity index is 1.72. The molecule has 1 aromatic carbocycles. The molecule has 0 saturated heterocycles. The molecule has 0 fully saturated rings. The Hall–Kier alpha value is -2.05. The number of hydrogen-bond donors (Lipinski definition) is 1. The fourth-order valence-electron chi connectivity index (χ4n) is 3.39. The molecule has 1 amide bonds. The van der Waals surface area contributed by atoms with Gasteiger partial charge in [-0.1, -0.05) is 41.1 Å². The Labute approximate surface area is 180 Å². The number of hydrogen-bond acceptors (Lipinski definition) is 4. The monoisotopic (exact) mass is 431 g/mol. The molecular weight excluding hydrogens is 406 g/mol. The number of thioether (sulfide) groups is 1. The van der Waals surface area contributed by atoms with Crippen LogP contribution in [0.5, 0.6) is 0 Å². The topological polar surface area (TPSA) is 64.0 Å². The summed E-state index contributed by atoms with van der Waals surface area (Å²) in [4.78, 5) is 30.0. The first-order valence-corrected chi connectivity index (χ1v) is 11.2. The van der Waals surface area contributed by atoms with Gasteiger partial charge in [0.05, 0.1) is 16.2 Å². The highest BCUT2D eigenvalue weighted by atomic mass is 35.5.